The van der Waals surface area contributed by atoms with Gasteiger partial charge in [-0.05, 0) is 38.2 Å². The SMILES string of the molecule is CC(C)[C@@H]1CN(c2nc(C3CC3)c3c(c2N)CC(C)(C)OC3)CCN1. The molecular weight excluding hydrogens is 312 g/mol. The summed E-state index contributed by atoms with van der Waals surface area (Å²) in [7, 11) is 0. The van der Waals surface area contributed by atoms with Crippen LogP contribution in [0.25, 0.3) is 0 Å². The Labute approximate surface area is 151 Å². The molecule has 2 aliphatic heterocycles. The van der Waals surface area contributed by atoms with Crippen molar-refractivity contribution in [2.45, 2.75) is 71.1 Å². The summed E-state index contributed by atoms with van der Waals surface area (Å²) in [6, 6.07) is 0.495. The van der Waals surface area contributed by atoms with Gasteiger partial charge in [-0.3, -0.25) is 0 Å². The van der Waals surface area contributed by atoms with E-state index in [1.54, 1.807) is 0 Å². The monoisotopic (exact) mass is 344 g/mol. The number of nitrogens with two attached hydrogens (primary N) is 1. The third-order valence-corrected chi connectivity index (χ3v) is 5.95. The van der Waals surface area contributed by atoms with Gasteiger partial charge >= 0.3 is 0 Å². The summed E-state index contributed by atoms with van der Waals surface area (Å²) in [6.07, 6.45) is 3.38. The van der Waals surface area contributed by atoms with Crippen LogP contribution in [0.15, 0.2) is 0 Å². The number of ether oxygens (including phenoxy) is 1. The Morgan fingerprint density at radius 2 is 2.04 bits per heavy atom. The first-order valence-electron chi connectivity index (χ1n) is 9.79. The highest BCUT2D eigenvalue weighted by Crippen LogP contribution is 2.46. The van der Waals surface area contributed by atoms with Crippen LogP contribution >= 0.6 is 0 Å². The molecule has 1 aliphatic carbocycles. The number of anilines is 2. The second kappa shape index (κ2) is 6.13. The van der Waals surface area contributed by atoms with Gasteiger partial charge in [0.2, 0.25) is 0 Å². The number of nitrogen functional groups attached to an aromatic ring is 1. The molecule has 1 atom stereocenters. The standard InChI is InChI=1S/C20H32N4O/c1-12(2)16-10-24(8-7-22-16)19-17(21)14-9-20(3,4)25-11-15(14)18(23-19)13-5-6-13/h12-13,16,22H,5-11,21H2,1-4H3/t16-/m0/s1. The lowest BCUT2D eigenvalue weighted by molar-refractivity contribution is -0.0404. The van der Waals surface area contributed by atoms with Crippen molar-refractivity contribution in [3.05, 3.63) is 16.8 Å². The fourth-order valence-corrected chi connectivity index (χ4v) is 4.15. The molecule has 1 aromatic heterocycles. The molecule has 1 saturated heterocycles. The topological polar surface area (TPSA) is 63.4 Å². The van der Waals surface area contributed by atoms with Crippen LogP contribution in [0.2, 0.25) is 0 Å². The second-order valence-electron chi connectivity index (χ2n) is 8.94. The first-order chi connectivity index (χ1) is 11.9. The highest BCUT2D eigenvalue weighted by Gasteiger charge is 2.37. The summed E-state index contributed by atoms with van der Waals surface area (Å²) in [5.41, 5.74) is 11.3. The molecule has 0 radical (unpaired) electrons. The van der Waals surface area contributed by atoms with Gasteiger partial charge in [0.25, 0.3) is 0 Å². The predicted molar refractivity (Wildman–Crippen MR) is 102 cm³/mol. The number of hydrogen-bond acceptors (Lipinski definition) is 5. The van der Waals surface area contributed by atoms with E-state index < -0.39 is 0 Å². The van der Waals surface area contributed by atoms with Crippen LogP contribution in [0.4, 0.5) is 11.5 Å². The van der Waals surface area contributed by atoms with Crippen molar-refractivity contribution in [2.24, 2.45) is 5.92 Å². The van der Waals surface area contributed by atoms with Crippen molar-refractivity contribution >= 4 is 11.5 Å². The van der Waals surface area contributed by atoms with Gasteiger partial charge in [-0.1, -0.05) is 13.8 Å². The van der Waals surface area contributed by atoms with Gasteiger partial charge in [0.05, 0.1) is 23.6 Å². The minimum absolute atomic E-state index is 0.148. The van der Waals surface area contributed by atoms with E-state index in [0.717, 1.165) is 37.6 Å². The Kier molecular flexibility index (Phi) is 4.19. The molecular formula is C20H32N4O. The normalized spacial score (nSPS) is 26.0. The van der Waals surface area contributed by atoms with Crippen LogP contribution in [0.1, 0.15) is 63.3 Å². The predicted octanol–water partition coefficient (Wildman–Crippen LogP) is 2.83. The van der Waals surface area contributed by atoms with E-state index in [0.29, 0.717) is 24.5 Å². The number of nitrogens with one attached hydrogen (secondary N) is 1. The van der Waals surface area contributed by atoms with Crippen molar-refractivity contribution in [3.8, 4) is 0 Å². The Balaban J connectivity index is 1.74. The molecule has 0 spiro atoms. The maximum Gasteiger partial charge on any atom is 0.152 e. The summed E-state index contributed by atoms with van der Waals surface area (Å²) < 4.78 is 6.08. The van der Waals surface area contributed by atoms with Gasteiger partial charge in [0, 0.05) is 43.6 Å². The van der Waals surface area contributed by atoms with Crippen molar-refractivity contribution in [2.75, 3.05) is 30.3 Å². The Bertz CT molecular complexity index is 666. The van der Waals surface area contributed by atoms with Crippen molar-refractivity contribution in [3.63, 3.8) is 0 Å². The second-order valence-corrected chi connectivity index (χ2v) is 8.94. The summed E-state index contributed by atoms with van der Waals surface area (Å²) in [4.78, 5) is 7.51. The fraction of sp³-hybridized carbons (Fsp3) is 0.750. The van der Waals surface area contributed by atoms with E-state index in [1.807, 2.05) is 0 Å². The summed E-state index contributed by atoms with van der Waals surface area (Å²) in [6.45, 7) is 12.5. The third kappa shape index (κ3) is 3.24. The number of pyridine rings is 1. The summed E-state index contributed by atoms with van der Waals surface area (Å²) in [5.74, 6) is 2.24. The van der Waals surface area contributed by atoms with Gasteiger partial charge in [-0.2, -0.15) is 0 Å². The number of hydrogen-bond donors (Lipinski definition) is 2. The highest BCUT2D eigenvalue weighted by molar-refractivity contribution is 5.71. The Morgan fingerprint density at radius 3 is 2.72 bits per heavy atom. The van der Waals surface area contributed by atoms with Crippen molar-refractivity contribution in [1.29, 1.82) is 0 Å². The van der Waals surface area contributed by atoms with Gasteiger partial charge < -0.3 is 20.7 Å². The van der Waals surface area contributed by atoms with Gasteiger partial charge in [0.15, 0.2) is 5.82 Å². The average molecular weight is 345 g/mol. The van der Waals surface area contributed by atoms with E-state index in [1.165, 1.54) is 29.7 Å². The molecule has 1 saturated carbocycles. The zero-order valence-electron chi connectivity index (χ0n) is 16.1. The summed E-state index contributed by atoms with van der Waals surface area (Å²) >= 11 is 0. The van der Waals surface area contributed by atoms with E-state index in [9.17, 15) is 0 Å². The van der Waals surface area contributed by atoms with Gasteiger partial charge in [-0.15, -0.1) is 0 Å². The Hall–Kier alpha value is -1.33. The van der Waals surface area contributed by atoms with Gasteiger partial charge in [-0.25, -0.2) is 4.98 Å². The molecule has 25 heavy (non-hydrogen) atoms. The molecule has 3 aliphatic rings. The minimum Gasteiger partial charge on any atom is -0.395 e. The molecule has 2 fully saturated rings. The molecule has 1 aromatic rings. The highest BCUT2D eigenvalue weighted by atomic mass is 16.5. The van der Waals surface area contributed by atoms with E-state index in [2.05, 4.69) is 37.9 Å². The van der Waals surface area contributed by atoms with Crippen LogP contribution in [-0.4, -0.2) is 36.3 Å². The number of nitrogens with zero attached hydrogens (tertiary/aromatic N) is 2. The minimum atomic E-state index is -0.148. The van der Waals surface area contributed by atoms with E-state index in [4.69, 9.17) is 15.5 Å². The number of aromatic nitrogens is 1. The van der Waals surface area contributed by atoms with E-state index >= 15 is 0 Å². The van der Waals surface area contributed by atoms with E-state index in [-0.39, 0.29) is 5.60 Å². The van der Waals surface area contributed by atoms with Gasteiger partial charge in [0.1, 0.15) is 0 Å². The molecule has 0 amide bonds. The lowest BCUT2D eigenvalue weighted by Gasteiger charge is -2.39. The first kappa shape index (κ1) is 17.1. The first-order valence-corrected chi connectivity index (χ1v) is 9.79. The van der Waals surface area contributed by atoms with Crippen LogP contribution in [0, 0.1) is 5.92 Å². The smallest absolute Gasteiger partial charge is 0.152 e. The Morgan fingerprint density at radius 1 is 1.28 bits per heavy atom. The molecule has 0 bridgehead atoms. The number of rotatable bonds is 3. The average Bonchev–Trinajstić information content (AvgIpc) is 3.40. The number of fused-ring (bicyclic) bond motifs is 1. The fourth-order valence-electron chi connectivity index (χ4n) is 4.15. The molecule has 4 rings (SSSR count). The quantitative estimate of drug-likeness (QED) is 0.883. The molecule has 3 heterocycles. The largest absolute Gasteiger partial charge is 0.395 e. The molecule has 0 aromatic carbocycles. The third-order valence-electron chi connectivity index (χ3n) is 5.95. The molecule has 5 nitrogen and oxygen atoms in total. The molecule has 138 valence electrons. The molecule has 5 heteroatoms. The van der Waals surface area contributed by atoms with Crippen LogP contribution < -0.4 is 16.0 Å². The molecule has 3 N–H and O–H groups in total. The maximum atomic E-state index is 6.69. The lowest BCUT2D eigenvalue weighted by Crippen LogP contribution is -2.53. The lowest BCUT2D eigenvalue weighted by atomic mass is 9.89. The zero-order valence-corrected chi connectivity index (χ0v) is 16.1. The van der Waals surface area contributed by atoms with Crippen molar-refractivity contribution < 1.29 is 4.74 Å². The van der Waals surface area contributed by atoms with Crippen LogP contribution in [0.5, 0.6) is 0 Å². The van der Waals surface area contributed by atoms with Crippen molar-refractivity contribution in [1.82, 2.24) is 10.3 Å². The van der Waals surface area contributed by atoms with Crippen LogP contribution in [-0.2, 0) is 17.8 Å². The molecule has 0 unspecified atom stereocenters. The maximum absolute atomic E-state index is 6.69. The number of piperazine rings is 1. The zero-order chi connectivity index (χ0) is 17.8. The summed E-state index contributed by atoms with van der Waals surface area (Å²) in [5, 5.41) is 3.63. The van der Waals surface area contributed by atoms with Crippen LogP contribution in [0.3, 0.4) is 0 Å².